The van der Waals surface area contributed by atoms with Crippen LogP contribution in [0.15, 0.2) is 65.3 Å². The number of carboxylic acid groups (broad SMARTS) is 1. The van der Waals surface area contributed by atoms with Crippen molar-refractivity contribution in [2.24, 2.45) is 0 Å². The first-order valence-electron chi connectivity index (χ1n) is 10.8. The van der Waals surface area contributed by atoms with Crippen molar-refractivity contribution in [1.82, 2.24) is 5.32 Å². The molecule has 0 bridgehead atoms. The summed E-state index contributed by atoms with van der Waals surface area (Å²) in [5.74, 6) is -2.30. The lowest BCUT2D eigenvalue weighted by Gasteiger charge is -2.23. The number of carboxylic acids is 1. The maximum Gasteiger partial charge on any atom is 0.411 e. The normalized spacial score (nSPS) is 18.7. The van der Waals surface area contributed by atoms with Gasteiger partial charge in [0.15, 0.2) is 5.54 Å². The smallest absolute Gasteiger partial charge is 0.411 e. The van der Waals surface area contributed by atoms with Gasteiger partial charge in [-0.2, -0.15) is 0 Å². The molecule has 174 valence electrons. The molecule has 1 aliphatic heterocycles. The van der Waals surface area contributed by atoms with Crippen molar-refractivity contribution >= 4 is 23.7 Å². The molecular weight excluding hydrogens is 440 g/mol. The Bertz CT molecular complexity index is 1210. The third-order valence-electron chi connectivity index (χ3n) is 6.24. The maximum absolute atomic E-state index is 12.7. The molecule has 1 atom stereocenters. The second kappa shape index (κ2) is 8.68. The van der Waals surface area contributed by atoms with Crippen molar-refractivity contribution in [3.63, 3.8) is 0 Å². The molecule has 2 amide bonds. The van der Waals surface area contributed by atoms with Crippen LogP contribution >= 0.6 is 0 Å². The monoisotopic (exact) mass is 462 g/mol. The largest absolute Gasteiger partial charge is 0.479 e. The molecule has 2 aliphatic rings. The number of hydrogen-bond donors (Lipinski definition) is 3. The molecule has 3 N–H and O–H groups in total. The SMILES string of the molecule is O=C(Nc1ccoc1C(=O)NC1(C(=O)O)CCOC1)OCC1c2ccccc2-c2ccccc21. The van der Waals surface area contributed by atoms with Crippen LogP contribution in [-0.4, -0.2) is 48.4 Å². The summed E-state index contributed by atoms with van der Waals surface area (Å²) < 4.78 is 15.9. The van der Waals surface area contributed by atoms with Gasteiger partial charge < -0.3 is 24.3 Å². The number of carbonyl (C=O) groups is 3. The molecule has 1 aromatic heterocycles. The van der Waals surface area contributed by atoms with Gasteiger partial charge >= 0.3 is 12.1 Å². The lowest BCUT2D eigenvalue weighted by Crippen LogP contribution is -2.55. The Morgan fingerprint density at radius 2 is 1.71 bits per heavy atom. The number of furan rings is 1. The topological polar surface area (TPSA) is 127 Å². The van der Waals surface area contributed by atoms with Crippen molar-refractivity contribution in [1.29, 1.82) is 0 Å². The summed E-state index contributed by atoms with van der Waals surface area (Å²) in [6.45, 7) is 0.179. The molecular formula is C25H22N2O7. The fraction of sp³-hybridized carbons (Fsp3) is 0.240. The average Bonchev–Trinajstić information content (AvgIpc) is 3.56. The highest BCUT2D eigenvalue weighted by Crippen LogP contribution is 2.44. The number of hydrogen-bond acceptors (Lipinski definition) is 6. The van der Waals surface area contributed by atoms with E-state index in [1.54, 1.807) is 0 Å². The van der Waals surface area contributed by atoms with E-state index in [-0.39, 0.29) is 43.6 Å². The van der Waals surface area contributed by atoms with Crippen LogP contribution in [-0.2, 0) is 14.3 Å². The second-order valence-corrected chi connectivity index (χ2v) is 8.26. The predicted molar refractivity (Wildman–Crippen MR) is 121 cm³/mol. The number of rotatable bonds is 6. The van der Waals surface area contributed by atoms with Gasteiger partial charge in [-0.15, -0.1) is 0 Å². The predicted octanol–water partition coefficient (Wildman–Crippen LogP) is 3.61. The standard InChI is InChI=1S/C25H22N2O7/c28-22(27-25(23(29)30)10-12-32-14-25)21-20(9-11-33-21)26-24(31)34-13-19-17-7-3-1-5-15(17)16-6-2-4-8-18(16)19/h1-9,11,19H,10,12-14H2,(H,26,31)(H,27,28)(H,29,30). The molecule has 0 radical (unpaired) electrons. The summed E-state index contributed by atoms with van der Waals surface area (Å²) in [6.07, 6.45) is 0.603. The van der Waals surface area contributed by atoms with E-state index in [0.29, 0.717) is 0 Å². The summed E-state index contributed by atoms with van der Waals surface area (Å²) in [4.78, 5) is 36.9. The van der Waals surface area contributed by atoms with Crippen LogP contribution in [0, 0.1) is 0 Å². The number of nitrogens with one attached hydrogen (secondary N) is 2. The quantitative estimate of drug-likeness (QED) is 0.511. The first-order valence-corrected chi connectivity index (χ1v) is 10.8. The van der Waals surface area contributed by atoms with Gasteiger partial charge in [0, 0.05) is 25.0 Å². The molecule has 9 heteroatoms. The number of fused-ring (bicyclic) bond motifs is 3. The molecule has 0 spiro atoms. The van der Waals surface area contributed by atoms with Crippen LogP contribution in [0.3, 0.4) is 0 Å². The fourth-order valence-corrected chi connectivity index (χ4v) is 4.49. The molecule has 0 saturated carbocycles. The van der Waals surface area contributed by atoms with E-state index in [4.69, 9.17) is 13.9 Å². The van der Waals surface area contributed by atoms with E-state index >= 15 is 0 Å². The molecule has 2 heterocycles. The van der Waals surface area contributed by atoms with Gasteiger partial charge in [0.05, 0.1) is 18.6 Å². The molecule has 2 aromatic carbocycles. The van der Waals surface area contributed by atoms with Crippen LogP contribution in [0.5, 0.6) is 0 Å². The minimum absolute atomic E-state index is 0.0779. The van der Waals surface area contributed by atoms with Gasteiger partial charge in [0.2, 0.25) is 5.76 Å². The Morgan fingerprint density at radius 1 is 1.03 bits per heavy atom. The number of carbonyl (C=O) groups excluding carboxylic acids is 2. The fourth-order valence-electron chi connectivity index (χ4n) is 4.49. The van der Waals surface area contributed by atoms with Crippen molar-refractivity contribution < 1.29 is 33.4 Å². The number of amides is 2. The molecule has 34 heavy (non-hydrogen) atoms. The molecule has 5 rings (SSSR count). The molecule has 9 nitrogen and oxygen atoms in total. The third kappa shape index (κ3) is 3.80. The Balaban J connectivity index is 1.26. The van der Waals surface area contributed by atoms with Crippen LogP contribution in [0.2, 0.25) is 0 Å². The zero-order valence-electron chi connectivity index (χ0n) is 18.1. The van der Waals surface area contributed by atoms with E-state index in [1.807, 2.05) is 48.5 Å². The van der Waals surface area contributed by atoms with Crippen molar-refractivity contribution in [3.05, 3.63) is 77.7 Å². The summed E-state index contributed by atoms with van der Waals surface area (Å²) >= 11 is 0. The van der Waals surface area contributed by atoms with Crippen molar-refractivity contribution in [2.75, 3.05) is 25.1 Å². The maximum atomic E-state index is 12.7. The number of aliphatic carboxylic acids is 1. The van der Waals surface area contributed by atoms with Crippen molar-refractivity contribution in [3.8, 4) is 11.1 Å². The Labute approximate surface area is 194 Å². The Hall–Kier alpha value is -4.11. The molecule has 1 aliphatic carbocycles. The lowest BCUT2D eigenvalue weighted by molar-refractivity contribution is -0.144. The summed E-state index contributed by atoms with van der Waals surface area (Å²) in [6, 6.07) is 17.4. The summed E-state index contributed by atoms with van der Waals surface area (Å²) in [5, 5.41) is 14.5. The van der Waals surface area contributed by atoms with Gasteiger partial charge in [-0.1, -0.05) is 48.5 Å². The molecule has 1 unspecified atom stereocenters. The Morgan fingerprint density at radius 3 is 2.32 bits per heavy atom. The lowest BCUT2D eigenvalue weighted by atomic mass is 9.98. The van der Waals surface area contributed by atoms with E-state index < -0.39 is 23.5 Å². The highest BCUT2D eigenvalue weighted by atomic mass is 16.5. The minimum atomic E-state index is -1.54. The summed E-state index contributed by atoms with van der Waals surface area (Å²) in [7, 11) is 0. The van der Waals surface area contributed by atoms with Crippen LogP contribution in [0.25, 0.3) is 11.1 Å². The van der Waals surface area contributed by atoms with E-state index in [1.165, 1.54) is 12.3 Å². The van der Waals surface area contributed by atoms with Gasteiger partial charge in [-0.3, -0.25) is 10.1 Å². The molecule has 1 fully saturated rings. The zero-order valence-corrected chi connectivity index (χ0v) is 18.1. The Kier molecular flexibility index (Phi) is 5.54. The van der Waals surface area contributed by atoms with E-state index in [0.717, 1.165) is 22.3 Å². The molecule has 1 saturated heterocycles. The summed E-state index contributed by atoms with van der Waals surface area (Å²) in [5.41, 5.74) is 2.93. The van der Waals surface area contributed by atoms with Gasteiger partial charge in [-0.05, 0) is 22.3 Å². The highest BCUT2D eigenvalue weighted by Gasteiger charge is 2.44. The second-order valence-electron chi connectivity index (χ2n) is 8.26. The number of ether oxygens (including phenoxy) is 2. The highest BCUT2D eigenvalue weighted by molar-refractivity contribution is 6.02. The number of benzene rings is 2. The third-order valence-corrected chi connectivity index (χ3v) is 6.24. The average molecular weight is 462 g/mol. The van der Waals surface area contributed by atoms with Crippen LogP contribution in [0.4, 0.5) is 10.5 Å². The number of anilines is 1. The first-order chi connectivity index (χ1) is 16.5. The van der Waals surface area contributed by atoms with Crippen LogP contribution in [0.1, 0.15) is 34.0 Å². The zero-order chi connectivity index (χ0) is 23.7. The van der Waals surface area contributed by atoms with E-state index in [2.05, 4.69) is 10.6 Å². The van der Waals surface area contributed by atoms with Gasteiger partial charge in [-0.25, -0.2) is 9.59 Å². The molecule has 3 aromatic rings. The minimum Gasteiger partial charge on any atom is -0.479 e. The van der Waals surface area contributed by atoms with Gasteiger partial charge in [0.25, 0.3) is 5.91 Å². The van der Waals surface area contributed by atoms with Crippen molar-refractivity contribution in [2.45, 2.75) is 17.9 Å². The van der Waals surface area contributed by atoms with E-state index in [9.17, 15) is 19.5 Å². The van der Waals surface area contributed by atoms with Crippen LogP contribution < -0.4 is 10.6 Å². The first kappa shape index (κ1) is 21.7. The van der Waals surface area contributed by atoms with Gasteiger partial charge in [0.1, 0.15) is 6.61 Å².